The lowest BCUT2D eigenvalue weighted by molar-refractivity contribution is -0.124. The number of carbonyl (C=O) groups is 3. The number of hydrogen-bond donors (Lipinski definition) is 0. The zero-order valence-electron chi connectivity index (χ0n) is 21.2. The average Bonchev–Trinajstić information content (AvgIpc) is 2.77. The average molecular weight is 441 g/mol. The molecule has 1 aromatic carbocycles. The summed E-state index contributed by atoms with van der Waals surface area (Å²) in [6.45, 7) is 28.5. The number of aldehydes is 2. The highest BCUT2D eigenvalue weighted by molar-refractivity contribution is 5.86. The Labute approximate surface area is 197 Å². The zero-order chi connectivity index (χ0) is 25.8. The summed E-state index contributed by atoms with van der Waals surface area (Å²) in [5.41, 5.74) is 1.95. The molecule has 178 valence electrons. The third-order valence-electron chi connectivity index (χ3n) is 4.98. The second-order valence-electron chi connectivity index (χ2n) is 7.59. The molecule has 1 rings (SSSR count). The molecule has 0 aromatic heterocycles. The number of hydrogen-bond acceptors (Lipinski definition) is 3. The van der Waals surface area contributed by atoms with Gasteiger partial charge in [-0.05, 0) is 57.6 Å². The highest BCUT2D eigenvalue weighted by Crippen LogP contribution is 2.36. The second kappa shape index (κ2) is 18.9. The summed E-state index contributed by atoms with van der Waals surface area (Å²) in [4.78, 5) is 32.7. The van der Waals surface area contributed by atoms with Gasteiger partial charge in [0.15, 0.2) is 0 Å². The Hall–Kier alpha value is -2.81. The topological polar surface area (TPSA) is 51.2 Å². The van der Waals surface area contributed by atoms with Crippen LogP contribution in [0.25, 0.3) is 0 Å². The molecule has 0 spiro atoms. The number of rotatable bonds is 11. The number of Topliss-reactive ketones (excluding diaryl/α,β-unsaturated/α-hetero) is 1. The van der Waals surface area contributed by atoms with Crippen LogP contribution in [0.1, 0.15) is 65.5 Å². The van der Waals surface area contributed by atoms with E-state index in [0.717, 1.165) is 29.3 Å². The molecule has 3 nitrogen and oxygen atoms in total. The minimum atomic E-state index is -0.616. The van der Waals surface area contributed by atoms with Crippen LogP contribution in [0.5, 0.6) is 0 Å². The Bertz CT molecular complexity index is 716. The fourth-order valence-corrected chi connectivity index (χ4v) is 3.37. The Balaban J connectivity index is -0.00000108. The second-order valence-corrected chi connectivity index (χ2v) is 7.59. The molecule has 0 fully saturated rings. The van der Waals surface area contributed by atoms with Crippen molar-refractivity contribution >= 4 is 18.4 Å². The van der Waals surface area contributed by atoms with Gasteiger partial charge in [0, 0.05) is 5.41 Å². The van der Waals surface area contributed by atoms with E-state index in [4.69, 9.17) is 4.79 Å². The molecule has 1 aromatic rings. The molecule has 3 heteroatoms. The van der Waals surface area contributed by atoms with E-state index in [1.807, 2.05) is 45.9 Å². The number of benzene rings is 1. The molecule has 0 amide bonds. The normalized spacial score (nSPS) is 12.8. The minimum absolute atomic E-state index is 0.106. The van der Waals surface area contributed by atoms with Crippen molar-refractivity contribution in [2.75, 3.05) is 0 Å². The summed E-state index contributed by atoms with van der Waals surface area (Å²) < 4.78 is 0. The molecule has 0 saturated carbocycles. The molecular formula is C29H44O3. The lowest BCUT2D eigenvalue weighted by Gasteiger charge is -2.31. The SMILES string of the molecule is C=C.C=CCC(C)(C=O)Cc1cccc(CC(CC=C)(C(=C)C)C(C)=O)c1.CC.CC=O. The van der Waals surface area contributed by atoms with Gasteiger partial charge in [0.25, 0.3) is 0 Å². The van der Waals surface area contributed by atoms with Crippen LogP contribution in [0.4, 0.5) is 0 Å². The quantitative estimate of drug-likeness (QED) is 0.268. The summed E-state index contributed by atoms with van der Waals surface area (Å²) in [5.74, 6) is 0.106. The van der Waals surface area contributed by atoms with Crippen molar-refractivity contribution < 1.29 is 14.4 Å². The van der Waals surface area contributed by atoms with Gasteiger partial charge in [0.2, 0.25) is 0 Å². The molecule has 2 unspecified atom stereocenters. The largest absolute Gasteiger partial charge is 0.304 e. The first-order valence-corrected chi connectivity index (χ1v) is 11.0. The first kappa shape index (κ1) is 33.8. The molecule has 0 saturated heterocycles. The van der Waals surface area contributed by atoms with Crippen LogP contribution in [0.3, 0.4) is 0 Å². The van der Waals surface area contributed by atoms with Crippen LogP contribution < -0.4 is 0 Å². The molecule has 0 bridgehead atoms. The van der Waals surface area contributed by atoms with Gasteiger partial charge in [0.05, 0.1) is 5.41 Å². The maximum Gasteiger partial charge on any atom is 0.140 e. The Kier molecular flexibility index (Phi) is 20.0. The van der Waals surface area contributed by atoms with Crippen molar-refractivity contribution in [3.63, 3.8) is 0 Å². The Morgan fingerprint density at radius 3 is 1.75 bits per heavy atom. The predicted octanol–water partition coefficient (Wildman–Crippen LogP) is 7.31. The lowest BCUT2D eigenvalue weighted by Crippen LogP contribution is -2.32. The van der Waals surface area contributed by atoms with Crippen molar-refractivity contribution in [2.24, 2.45) is 10.8 Å². The van der Waals surface area contributed by atoms with Crippen molar-refractivity contribution in [2.45, 2.75) is 67.2 Å². The fraction of sp³-hybridized carbons (Fsp3) is 0.414. The fourth-order valence-electron chi connectivity index (χ4n) is 3.37. The van der Waals surface area contributed by atoms with Gasteiger partial charge in [-0.15, -0.1) is 26.3 Å². The highest BCUT2D eigenvalue weighted by Gasteiger charge is 2.35. The maximum absolute atomic E-state index is 12.4. The van der Waals surface area contributed by atoms with Crippen molar-refractivity contribution in [3.05, 3.63) is 86.0 Å². The van der Waals surface area contributed by atoms with Crippen molar-refractivity contribution in [1.29, 1.82) is 0 Å². The molecule has 0 heterocycles. The smallest absolute Gasteiger partial charge is 0.140 e. The summed E-state index contributed by atoms with van der Waals surface area (Å²) in [6, 6.07) is 8.13. The van der Waals surface area contributed by atoms with E-state index in [9.17, 15) is 9.59 Å². The van der Waals surface area contributed by atoms with Gasteiger partial charge in [0.1, 0.15) is 18.4 Å². The standard InChI is InChI=1S/C23H30O2.C2H4O.C2H6.C2H4/c1-7-12-22(6,17-24)15-20-10-9-11-21(14-20)16-23(13-8-2,18(3)4)19(5)25;1-2-3;2*1-2/h7-11,14,17H,1-3,12-13,15-16H2,4-6H3;2H,1H3;1-2H3;1-2H2. The van der Waals surface area contributed by atoms with Crippen molar-refractivity contribution in [1.82, 2.24) is 0 Å². The summed E-state index contributed by atoms with van der Waals surface area (Å²) in [6.07, 6.45) is 7.78. The highest BCUT2D eigenvalue weighted by atomic mass is 16.1. The Morgan fingerprint density at radius 1 is 0.969 bits per heavy atom. The molecule has 0 N–H and O–H groups in total. The summed E-state index contributed by atoms with van der Waals surface area (Å²) in [5, 5.41) is 0. The van der Waals surface area contributed by atoms with E-state index < -0.39 is 10.8 Å². The molecule has 0 aliphatic carbocycles. The van der Waals surface area contributed by atoms with Crippen LogP contribution in [-0.4, -0.2) is 18.4 Å². The third-order valence-corrected chi connectivity index (χ3v) is 4.98. The first-order chi connectivity index (χ1) is 15.1. The van der Waals surface area contributed by atoms with E-state index in [-0.39, 0.29) is 5.78 Å². The van der Waals surface area contributed by atoms with Crippen LogP contribution >= 0.6 is 0 Å². The summed E-state index contributed by atoms with van der Waals surface area (Å²) in [7, 11) is 0. The van der Waals surface area contributed by atoms with E-state index in [1.165, 1.54) is 6.92 Å². The van der Waals surface area contributed by atoms with Gasteiger partial charge in [-0.2, -0.15) is 0 Å². The molecule has 2 atom stereocenters. The van der Waals surface area contributed by atoms with E-state index >= 15 is 0 Å². The number of allylic oxidation sites excluding steroid dienone is 3. The van der Waals surface area contributed by atoms with Crippen LogP contribution in [0.2, 0.25) is 0 Å². The molecule has 32 heavy (non-hydrogen) atoms. The third kappa shape index (κ3) is 11.5. The van der Waals surface area contributed by atoms with Gasteiger partial charge in [-0.1, -0.05) is 69.3 Å². The Morgan fingerprint density at radius 2 is 1.41 bits per heavy atom. The monoisotopic (exact) mass is 440 g/mol. The van der Waals surface area contributed by atoms with Gasteiger partial charge in [-0.25, -0.2) is 0 Å². The number of carbonyl (C=O) groups excluding carboxylic acids is 3. The van der Waals surface area contributed by atoms with Crippen LogP contribution in [0, 0.1) is 10.8 Å². The molecular weight excluding hydrogens is 396 g/mol. The van der Waals surface area contributed by atoms with E-state index in [2.05, 4.69) is 39.0 Å². The van der Waals surface area contributed by atoms with Crippen LogP contribution in [-0.2, 0) is 27.2 Å². The number of ketones is 1. The zero-order valence-corrected chi connectivity index (χ0v) is 21.2. The molecule has 0 radical (unpaired) electrons. The maximum atomic E-state index is 12.4. The van der Waals surface area contributed by atoms with Gasteiger partial charge >= 0.3 is 0 Å². The minimum Gasteiger partial charge on any atom is -0.304 e. The van der Waals surface area contributed by atoms with E-state index in [0.29, 0.717) is 25.7 Å². The van der Waals surface area contributed by atoms with E-state index in [1.54, 1.807) is 19.1 Å². The molecule has 0 aliphatic rings. The van der Waals surface area contributed by atoms with Crippen LogP contribution in [0.15, 0.2) is 74.9 Å². The first-order valence-electron chi connectivity index (χ1n) is 11.0. The van der Waals surface area contributed by atoms with Crippen molar-refractivity contribution in [3.8, 4) is 0 Å². The van der Waals surface area contributed by atoms with Gasteiger partial charge < -0.3 is 9.59 Å². The summed E-state index contributed by atoms with van der Waals surface area (Å²) >= 11 is 0. The molecule has 0 aliphatic heterocycles. The van der Waals surface area contributed by atoms with Gasteiger partial charge in [-0.3, -0.25) is 4.79 Å². The lowest BCUT2D eigenvalue weighted by atomic mass is 9.70. The predicted molar refractivity (Wildman–Crippen MR) is 140 cm³/mol.